The maximum absolute atomic E-state index is 12.9. The molecule has 2 bridgehead atoms. The summed E-state index contributed by atoms with van der Waals surface area (Å²) < 4.78 is 0. The molecule has 3 aliphatic rings. The van der Waals surface area contributed by atoms with Crippen LogP contribution in [0.2, 0.25) is 0 Å². The van der Waals surface area contributed by atoms with Crippen LogP contribution in [0, 0.1) is 23.7 Å². The van der Waals surface area contributed by atoms with Crippen molar-refractivity contribution in [1.29, 1.82) is 0 Å². The van der Waals surface area contributed by atoms with E-state index in [0.29, 0.717) is 11.8 Å². The minimum absolute atomic E-state index is 0.0504. The summed E-state index contributed by atoms with van der Waals surface area (Å²) in [6.07, 6.45) is 9.19. The van der Waals surface area contributed by atoms with Crippen LogP contribution >= 0.6 is 0 Å². The van der Waals surface area contributed by atoms with Crippen molar-refractivity contribution in [3.8, 4) is 0 Å². The third kappa shape index (κ3) is 1.71. The van der Waals surface area contributed by atoms with Crippen molar-refractivity contribution >= 4 is 11.8 Å². The van der Waals surface area contributed by atoms with Gasteiger partial charge in [-0.05, 0) is 38.0 Å². The van der Waals surface area contributed by atoms with E-state index in [4.69, 9.17) is 0 Å². The Morgan fingerprint density at radius 1 is 1.05 bits per heavy atom. The van der Waals surface area contributed by atoms with Gasteiger partial charge in [-0.1, -0.05) is 38.8 Å². The number of rotatable bonds is 5. The highest BCUT2D eigenvalue weighted by atomic mass is 16.2. The van der Waals surface area contributed by atoms with Gasteiger partial charge in [-0.3, -0.25) is 14.5 Å². The lowest BCUT2D eigenvalue weighted by Gasteiger charge is -2.38. The molecule has 0 aromatic heterocycles. The second-order valence-corrected chi connectivity index (χ2v) is 7.01. The second kappa shape index (κ2) is 4.71. The van der Waals surface area contributed by atoms with Crippen molar-refractivity contribution in [3.05, 3.63) is 12.2 Å². The number of hydrogen-bond donors (Lipinski definition) is 0. The molecule has 3 rings (SSSR count). The van der Waals surface area contributed by atoms with Crippen molar-refractivity contribution < 1.29 is 9.59 Å². The molecular formula is C17H25NO2. The Labute approximate surface area is 121 Å². The zero-order valence-corrected chi connectivity index (χ0v) is 12.8. The summed E-state index contributed by atoms with van der Waals surface area (Å²) in [5.74, 6) is 0.761. The van der Waals surface area contributed by atoms with Gasteiger partial charge in [0.1, 0.15) is 0 Å². The highest BCUT2D eigenvalue weighted by Gasteiger charge is 2.61. The summed E-state index contributed by atoms with van der Waals surface area (Å²) in [5.41, 5.74) is -0.276. The molecule has 1 saturated heterocycles. The average molecular weight is 275 g/mol. The molecule has 0 spiro atoms. The van der Waals surface area contributed by atoms with E-state index in [1.165, 1.54) is 0 Å². The van der Waals surface area contributed by atoms with Crippen LogP contribution in [0.5, 0.6) is 0 Å². The average Bonchev–Trinajstić information content (AvgIpc) is 3.04. The zero-order valence-electron chi connectivity index (χ0n) is 12.8. The summed E-state index contributed by atoms with van der Waals surface area (Å²) in [6.45, 7) is 6.36. The van der Waals surface area contributed by atoms with Gasteiger partial charge in [0.15, 0.2) is 0 Å². The van der Waals surface area contributed by atoms with Crippen molar-refractivity contribution in [2.24, 2.45) is 23.7 Å². The van der Waals surface area contributed by atoms with Gasteiger partial charge >= 0.3 is 0 Å². The number of allylic oxidation sites excluding steroid dienone is 2. The second-order valence-electron chi connectivity index (χ2n) is 7.01. The molecule has 0 aromatic rings. The lowest BCUT2D eigenvalue weighted by Crippen LogP contribution is -2.50. The van der Waals surface area contributed by atoms with Crippen LogP contribution in [0.4, 0.5) is 0 Å². The molecule has 1 saturated carbocycles. The first-order chi connectivity index (χ1) is 9.53. The maximum Gasteiger partial charge on any atom is 0.234 e. The van der Waals surface area contributed by atoms with Crippen molar-refractivity contribution in [3.63, 3.8) is 0 Å². The topological polar surface area (TPSA) is 37.4 Å². The van der Waals surface area contributed by atoms with Crippen LogP contribution in [0.15, 0.2) is 12.2 Å². The van der Waals surface area contributed by atoms with Gasteiger partial charge < -0.3 is 0 Å². The predicted octanol–water partition coefficient (Wildman–Crippen LogP) is 3.15. The molecule has 1 heterocycles. The molecule has 4 unspecified atom stereocenters. The van der Waals surface area contributed by atoms with E-state index >= 15 is 0 Å². The Bertz CT molecular complexity index is 432. The number of imide groups is 1. The third-order valence-electron chi connectivity index (χ3n) is 5.59. The summed E-state index contributed by atoms with van der Waals surface area (Å²) in [6, 6.07) is 0. The predicted molar refractivity (Wildman–Crippen MR) is 77.8 cm³/mol. The molecule has 0 N–H and O–H groups in total. The summed E-state index contributed by atoms with van der Waals surface area (Å²) in [5, 5.41) is 0. The Hall–Kier alpha value is -1.12. The fourth-order valence-corrected chi connectivity index (χ4v) is 4.86. The van der Waals surface area contributed by atoms with Gasteiger partial charge in [0.2, 0.25) is 11.8 Å². The number of amides is 2. The molecular weight excluding hydrogens is 250 g/mol. The molecule has 2 amide bonds. The van der Waals surface area contributed by atoms with Gasteiger partial charge in [-0.2, -0.15) is 0 Å². The van der Waals surface area contributed by atoms with Crippen LogP contribution in [0.1, 0.15) is 52.9 Å². The molecule has 110 valence electrons. The Kier molecular flexibility index (Phi) is 3.26. The van der Waals surface area contributed by atoms with Gasteiger partial charge in [0.05, 0.1) is 11.8 Å². The Morgan fingerprint density at radius 3 is 1.90 bits per heavy atom. The van der Waals surface area contributed by atoms with Crippen molar-refractivity contribution in [2.45, 2.75) is 58.4 Å². The van der Waals surface area contributed by atoms with Crippen molar-refractivity contribution in [2.75, 3.05) is 0 Å². The first kappa shape index (κ1) is 13.8. The molecule has 0 aromatic carbocycles. The van der Waals surface area contributed by atoms with E-state index in [1.807, 2.05) is 0 Å². The fraction of sp³-hybridized carbons (Fsp3) is 0.765. The first-order valence-electron chi connectivity index (χ1n) is 8.09. The zero-order chi connectivity index (χ0) is 14.5. The minimum atomic E-state index is -0.276. The minimum Gasteiger partial charge on any atom is -0.276 e. The smallest absolute Gasteiger partial charge is 0.234 e. The molecule has 0 radical (unpaired) electrons. The number of fused-ring (bicyclic) bond motifs is 5. The quantitative estimate of drug-likeness (QED) is 0.571. The molecule has 4 atom stereocenters. The van der Waals surface area contributed by atoms with Crippen LogP contribution in [0.25, 0.3) is 0 Å². The molecule has 20 heavy (non-hydrogen) atoms. The highest BCUT2D eigenvalue weighted by molar-refractivity contribution is 6.07. The number of likely N-dealkylation sites (tertiary alicyclic amines) is 1. The molecule has 2 aliphatic carbocycles. The Morgan fingerprint density at radius 2 is 1.50 bits per heavy atom. The summed E-state index contributed by atoms with van der Waals surface area (Å²) in [7, 11) is 0. The maximum atomic E-state index is 12.9. The highest BCUT2D eigenvalue weighted by Crippen LogP contribution is 2.54. The van der Waals surface area contributed by atoms with Crippen LogP contribution in [-0.4, -0.2) is 22.3 Å². The standard InChI is InChI=1S/C17H25NO2/c1-4-8-17(3,9-5-2)18-15(19)13-11-6-7-12(10-11)14(13)16(18)20/h6-7,11-14H,4-5,8-10H2,1-3H3. The van der Waals surface area contributed by atoms with E-state index in [2.05, 4.69) is 32.9 Å². The van der Waals surface area contributed by atoms with E-state index < -0.39 is 0 Å². The van der Waals surface area contributed by atoms with Gasteiger partial charge in [-0.15, -0.1) is 0 Å². The molecule has 2 fully saturated rings. The monoisotopic (exact) mass is 275 g/mol. The normalized spacial score (nSPS) is 35.2. The number of hydrogen-bond acceptors (Lipinski definition) is 2. The fourth-order valence-electron chi connectivity index (χ4n) is 4.86. The summed E-state index contributed by atoms with van der Waals surface area (Å²) in [4.78, 5) is 27.4. The SMILES string of the molecule is CCCC(C)(CCC)N1C(=O)C2C3C=CC(C3)C2C1=O. The molecule has 3 heteroatoms. The summed E-state index contributed by atoms with van der Waals surface area (Å²) >= 11 is 0. The van der Waals surface area contributed by atoms with Crippen LogP contribution < -0.4 is 0 Å². The van der Waals surface area contributed by atoms with E-state index in [0.717, 1.165) is 32.1 Å². The lowest BCUT2D eigenvalue weighted by atomic mass is 9.85. The van der Waals surface area contributed by atoms with Crippen molar-refractivity contribution in [1.82, 2.24) is 4.90 Å². The lowest BCUT2D eigenvalue weighted by molar-refractivity contribution is -0.148. The first-order valence-corrected chi connectivity index (χ1v) is 8.09. The third-order valence-corrected chi connectivity index (χ3v) is 5.59. The molecule has 3 nitrogen and oxygen atoms in total. The number of carbonyl (C=O) groups is 2. The van der Waals surface area contributed by atoms with Gasteiger partial charge in [-0.25, -0.2) is 0 Å². The van der Waals surface area contributed by atoms with E-state index in [1.54, 1.807) is 4.90 Å². The van der Waals surface area contributed by atoms with Gasteiger partial charge in [0, 0.05) is 5.54 Å². The largest absolute Gasteiger partial charge is 0.276 e. The van der Waals surface area contributed by atoms with Gasteiger partial charge in [0.25, 0.3) is 0 Å². The van der Waals surface area contributed by atoms with Crippen LogP contribution in [0.3, 0.4) is 0 Å². The van der Waals surface area contributed by atoms with Crippen LogP contribution in [-0.2, 0) is 9.59 Å². The Balaban J connectivity index is 1.92. The van der Waals surface area contributed by atoms with E-state index in [9.17, 15) is 9.59 Å². The number of carbonyl (C=O) groups excluding carboxylic acids is 2. The molecule has 1 aliphatic heterocycles. The number of nitrogens with zero attached hydrogens (tertiary/aromatic N) is 1. The van der Waals surface area contributed by atoms with E-state index in [-0.39, 0.29) is 29.2 Å².